The second-order valence-corrected chi connectivity index (χ2v) is 12.1. The Balaban J connectivity index is 2.80. The predicted molar refractivity (Wildman–Crippen MR) is 99.3 cm³/mol. The molecule has 0 fully saturated rings. The summed E-state index contributed by atoms with van der Waals surface area (Å²) in [7, 11) is -0.803. The van der Waals surface area contributed by atoms with E-state index < -0.39 is 7.26 Å². The average Bonchev–Trinajstić information content (AvgIpc) is 2.85. The molecule has 0 aromatic carbocycles. The molecule has 0 radical (unpaired) electrons. The van der Waals surface area contributed by atoms with Crippen molar-refractivity contribution in [3.8, 4) is 0 Å². The number of hydrogen-bond acceptors (Lipinski definition) is 1. The van der Waals surface area contributed by atoms with Gasteiger partial charge in [-0.2, -0.15) is 0 Å². The molecule has 1 aromatic heterocycles. The van der Waals surface area contributed by atoms with Gasteiger partial charge in [0.05, 0.1) is 29.0 Å². The standard InChI is InChI=1S/C17H31ClPS/c1-4-7-12-19(13-8-5-2,14-9-6-3)15-16-10-11-17(18)20-16/h10-11H,4-9,12-15H2,1-3H3/q+1. The molecule has 0 saturated carbocycles. The lowest BCUT2D eigenvalue weighted by molar-refractivity contribution is 0.832. The normalized spacial score (nSPS) is 12.0. The third-order valence-corrected chi connectivity index (χ3v) is 10.3. The molecule has 0 spiro atoms. The fourth-order valence-corrected chi connectivity index (χ4v) is 9.66. The summed E-state index contributed by atoms with van der Waals surface area (Å²) in [6.45, 7) is 6.99. The van der Waals surface area contributed by atoms with E-state index in [2.05, 4.69) is 32.9 Å². The van der Waals surface area contributed by atoms with Crippen LogP contribution < -0.4 is 0 Å². The van der Waals surface area contributed by atoms with Gasteiger partial charge in [-0.3, -0.25) is 0 Å². The Hall–Kier alpha value is 0.420. The van der Waals surface area contributed by atoms with Crippen molar-refractivity contribution in [3.05, 3.63) is 21.3 Å². The van der Waals surface area contributed by atoms with Crippen LogP contribution in [0.5, 0.6) is 0 Å². The summed E-state index contributed by atoms with van der Waals surface area (Å²) in [6.07, 6.45) is 14.1. The SMILES string of the molecule is CCCC[P+](CCCC)(CCCC)Cc1ccc(Cl)s1. The number of unbranched alkanes of at least 4 members (excludes halogenated alkanes) is 3. The van der Waals surface area contributed by atoms with Crippen molar-refractivity contribution in [1.82, 2.24) is 0 Å². The molecule has 0 nitrogen and oxygen atoms in total. The van der Waals surface area contributed by atoms with Crippen LogP contribution >= 0.6 is 30.2 Å². The Bertz CT molecular complexity index is 340. The van der Waals surface area contributed by atoms with Gasteiger partial charge in [0.15, 0.2) is 0 Å². The van der Waals surface area contributed by atoms with E-state index in [1.54, 1.807) is 0 Å². The first kappa shape index (κ1) is 18.5. The Morgan fingerprint density at radius 3 is 1.75 bits per heavy atom. The van der Waals surface area contributed by atoms with Crippen molar-refractivity contribution < 1.29 is 0 Å². The zero-order chi connectivity index (χ0) is 14.8. The van der Waals surface area contributed by atoms with Crippen molar-refractivity contribution in [2.45, 2.75) is 65.5 Å². The van der Waals surface area contributed by atoms with Crippen molar-refractivity contribution >= 4 is 30.2 Å². The van der Waals surface area contributed by atoms with Crippen molar-refractivity contribution in [1.29, 1.82) is 0 Å². The second-order valence-electron chi connectivity index (χ2n) is 5.94. The zero-order valence-corrected chi connectivity index (χ0v) is 15.9. The van der Waals surface area contributed by atoms with Crippen LogP contribution in [-0.4, -0.2) is 18.5 Å². The molecule has 0 bridgehead atoms. The minimum absolute atomic E-state index is 0.803. The molecule has 0 N–H and O–H groups in total. The summed E-state index contributed by atoms with van der Waals surface area (Å²) < 4.78 is 0.958. The van der Waals surface area contributed by atoms with Crippen LogP contribution in [0.4, 0.5) is 0 Å². The van der Waals surface area contributed by atoms with Gasteiger partial charge in [0.2, 0.25) is 0 Å². The molecule has 0 aliphatic carbocycles. The van der Waals surface area contributed by atoms with Gasteiger partial charge >= 0.3 is 0 Å². The van der Waals surface area contributed by atoms with Gasteiger partial charge < -0.3 is 0 Å². The summed E-state index contributed by atoms with van der Waals surface area (Å²) in [4.78, 5) is 1.53. The molecule has 20 heavy (non-hydrogen) atoms. The summed E-state index contributed by atoms with van der Waals surface area (Å²) in [5, 5.41) is 0. The molecule has 3 heteroatoms. The lowest BCUT2D eigenvalue weighted by atomic mass is 10.4. The Morgan fingerprint density at radius 2 is 1.40 bits per heavy atom. The van der Waals surface area contributed by atoms with E-state index in [4.69, 9.17) is 11.6 Å². The molecule has 0 saturated heterocycles. The molecule has 0 atom stereocenters. The highest BCUT2D eigenvalue weighted by Gasteiger charge is 2.36. The van der Waals surface area contributed by atoms with Crippen LogP contribution in [0.15, 0.2) is 12.1 Å². The van der Waals surface area contributed by atoms with Crippen LogP contribution in [0.3, 0.4) is 0 Å². The largest absolute Gasteiger partial charge is 0.125 e. The maximum atomic E-state index is 6.13. The first-order valence-corrected chi connectivity index (χ1v) is 12.0. The zero-order valence-electron chi connectivity index (χ0n) is 13.5. The molecule has 1 heterocycles. The molecule has 0 aliphatic heterocycles. The Morgan fingerprint density at radius 1 is 0.900 bits per heavy atom. The quantitative estimate of drug-likeness (QED) is 0.372. The van der Waals surface area contributed by atoms with Crippen molar-refractivity contribution in [2.24, 2.45) is 0 Å². The Labute approximate surface area is 135 Å². The first-order valence-electron chi connectivity index (χ1n) is 8.25. The number of thiophene rings is 1. The molecule has 1 aromatic rings. The minimum atomic E-state index is -0.803. The van der Waals surface area contributed by atoms with E-state index >= 15 is 0 Å². The summed E-state index contributed by atoms with van der Waals surface area (Å²) >= 11 is 7.94. The highest BCUT2D eigenvalue weighted by atomic mass is 35.5. The van der Waals surface area contributed by atoms with Gasteiger partial charge in [0.25, 0.3) is 0 Å². The van der Waals surface area contributed by atoms with Gasteiger partial charge in [0, 0.05) is 12.1 Å². The molecular weight excluding hydrogens is 303 g/mol. The smallest absolute Gasteiger partial charge is 0.0935 e. The maximum Gasteiger partial charge on any atom is 0.0935 e. The molecular formula is C17H31ClPS+. The van der Waals surface area contributed by atoms with Gasteiger partial charge in [0.1, 0.15) is 0 Å². The Kier molecular flexibility index (Phi) is 9.42. The monoisotopic (exact) mass is 333 g/mol. The summed E-state index contributed by atoms with van der Waals surface area (Å²) in [5.41, 5.74) is 0. The molecule has 0 unspecified atom stereocenters. The summed E-state index contributed by atoms with van der Waals surface area (Å²) in [6, 6.07) is 4.35. The average molecular weight is 334 g/mol. The second kappa shape index (κ2) is 10.2. The van der Waals surface area contributed by atoms with E-state index in [0.29, 0.717) is 0 Å². The van der Waals surface area contributed by atoms with Crippen molar-refractivity contribution in [2.75, 3.05) is 18.5 Å². The predicted octanol–water partition coefficient (Wildman–Crippen LogP) is 7.32. The van der Waals surface area contributed by atoms with Gasteiger partial charge in [-0.15, -0.1) is 11.3 Å². The number of halogens is 1. The van der Waals surface area contributed by atoms with Gasteiger partial charge in [-0.25, -0.2) is 0 Å². The van der Waals surface area contributed by atoms with Crippen molar-refractivity contribution in [3.63, 3.8) is 0 Å². The first-order chi connectivity index (χ1) is 9.65. The third-order valence-electron chi connectivity index (χ3n) is 4.08. The van der Waals surface area contributed by atoms with E-state index in [1.807, 2.05) is 11.3 Å². The lowest BCUT2D eigenvalue weighted by Gasteiger charge is -2.27. The van der Waals surface area contributed by atoms with Crippen LogP contribution in [0.25, 0.3) is 0 Å². The topological polar surface area (TPSA) is 0 Å². The maximum absolute atomic E-state index is 6.13. The van der Waals surface area contributed by atoms with Crippen LogP contribution in [-0.2, 0) is 6.16 Å². The van der Waals surface area contributed by atoms with E-state index in [-0.39, 0.29) is 0 Å². The third kappa shape index (κ3) is 6.46. The van der Waals surface area contributed by atoms with Crippen LogP contribution in [0, 0.1) is 0 Å². The van der Waals surface area contributed by atoms with Gasteiger partial charge in [-0.05, 0) is 31.4 Å². The highest BCUT2D eigenvalue weighted by molar-refractivity contribution is 7.75. The number of hydrogen-bond donors (Lipinski definition) is 0. The number of rotatable bonds is 11. The van der Waals surface area contributed by atoms with E-state index in [1.165, 1.54) is 68.0 Å². The van der Waals surface area contributed by atoms with Crippen LogP contribution in [0.2, 0.25) is 4.34 Å². The summed E-state index contributed by atoms with van der Waals surface area (Å²) in [5.74, 6) is 0. The van der Waals surface area contributed by atoms with Gasteiger partial charge in [-0.1, -0.05) is 51.6 Å². The molecule has 0 amide bonds. The van der Waals surface area contributed by atoms with E-state index in [9.17, 15) is 0 Å². The molecule has 116 valence electrons. The van der Waals surface area contributed by atoms with Crippen LogP contribution in [0.1, 0.15) is 64.2 Å². The molecule has 0 aliphatic rings. The fraction of sp³-hybridized carbons (Fsp3) is 0.765. The highest BCUT2D eigenvalue weighted by Crippen LogP contribution is 2.63. The minimum Gasteiger partial charge on any atom is -0.125 e. The fourth-order valence-electron chi connectivity index (χ4n) is 2.82. The molecule has 1 rings (SSSR count). The van der Waals surface area contributed by atoms with E-state index in [0.717, 1.165) is 4.34 Å². The lowest BCUT2D eigenvalue weighted by Crippen LogP contribution is -2.11.